The maximum Gasteiger partial charge on any atom is 0.180 e. The first kappa shape index (κ1) is 21.2. The molecular weight excluding hydrogens is 410 g/mol. The van der Waals surface area contributed by atoms with Crippen LogP contribution in [0.15, 0.2) is 54.6 Å². The lowest BCUT2D eigenvalue weighted by Gasteiger charge is -2.23. The standard InChI is InChI=1S/C26H29N7/c1-2-3-13-24-27-25(33(30-24)21-9-5-4-6-10-21)18-19-14-16-20(17-15-19)22-11-7-8-12-23(22)26-28-31-32-29-26/h3,7-8,11-17,21H,2,4-6,9-10,18H2,1H3,(H,28,29,31,32)/b13-3+. The molecule has 0 unspecified atom stereocenters. The number of aromatic nitrogens is 7. The molecule has 0 saturated heterocycles. The molecule has 4 aromatic rings. The lowest BCUT2D eigenvalue weighted by atomic mass is 9.95. The van der Waals surface area contributed by atoms with Crippen LogP contribution in [0.2, 0.25) is 0 Å². The highest BCUT2D eigenvalue weighted by Gasteiger charge is 2.21. The Bertz CT molecular complexity index is 1200. The number of tetrazole rings is 1. The molecule has 0 bridgehead atoms. The molecule has 7 heteroatoms. The monoisotopic (exact) mass is 439 g/mol. The van der Waals surface area contributed by atoms with Gasteiger partial charge in [0.25, 0.3) is 0 Å². The summed E-state index contributed by atoms with van der Waals surface area (Å²) in [7, 11) is 0. The van der Waals surface area contributed by atoms with Gasteiger partial charge in [-0.3, -0.25) is 0 Å². The van der Waals surface area contributed by atoms with Gasteiger partial charge in [0.2, 0.25) is 0 Å². The Morgan fingerprint density at radius 2 is 1.79 bits per heavy atom. The fraction of sp³-hybridized carbons (Fsp3) is 0.346. The third kappa shape index (κ3) is 4.77. The zero-order valence-corrected chi connectivity index (χ0v) is 19.0. The van der Waals surface area contributed by atoms with E-state index >= 15 is 0 Å². The summed E-state index contributed by atoms with van der Waals surface area (Å²) in [6, 6.07) is 17.3. The van der Waals surface area contributed by atoms with Crippen molar-refractivity contribution in [2.75, 3.05) is 0 Å². The van der Waals surface area contributed by atoms with Gasteiger partial charge in [-0.05, 0) is 52.5 Å². The van der Waals surface area contributed by atoms with Crippen LogP contribution in [0.25, 0.3) is 28.6 Å². The fourth-order valence-corrected chi connectivity index (χ4v) is 4.61. The number of hydrogen-bond acceptors (Lipinski definition) is 5. The van der Waals surface area contributed by atoms with E-state index in [0.717, 1.165) is 41.2 Å². The van der Waals surface area contributed by atoms with Gasteiger partial charge >= 0.3 is 0 Å². The minimum absolute atomic E-state index is 0.465. The van der Waals surface area contributed by atoms with Gasteiger partial charge in [-0.25, -0.2) is 14.8 Å². The summed E-state index contributed by atoms with van der Waals surface area (Å²) in [6.45, 7) is 2.13. The maximum absolute atomic E-state index is 4.89. The molecule has 5 rings (SSSR count). The van der Waals surface area contributed by atoms with Crippen molar-refractivity contribution in [2.24, 2.45) is 0 Å². The Labute approximate surface area is 194 Å². The van der Waals surface area contributed by atoms with Gasteiger partial charge in [0.15, 0.2) is 11.6 Å². The topological polar surface area (TPSA) is 85.2 Å². The summed E-state index contributed by atoms with van der Waals surface area (Å²) in [4.78, 5) is 4.89. The molecule has 2 aromatic heterocycles. The molecule has 7 nitrogen and oxygen atoms in total. The Morgan fingerprint density at radius 3 is 2.52 bits per heavy atom. The number of aromatic amines is 1. The van der Waals surface area contributed by atoms with Crippen molar-refractivity contribution >= 4 is 6.08 Å². The van der Waals surface area contributed by atoms with E-state index in [1.54, 1.807) is 0 Å². The van der Waals surface area contributed by atoms with E-state index in [1.807, 2.05) is 24.3 Å². The number of H-pyrrole nitrogens is 1. The normalized spacial score (nSPS) is 14.8. The summed E-state index contributed by atoms with van der Waals surface area (Å²) < 4.78 is 2.20. The first-order valence-electron chi connectivity index (χ1n) is 11.9. The van der Waals surface area contributed by atoms with Crippen LogP contribution in [0.1, 0.15) is 68.7 Å². The second kappa shape index (κ2) is 9.90. The summed E-state index contributed by atoms with van der Waals surface area (Å²) in [5, 5.41) is 19.3. The van der Waals surface area contributed by atoms with Crippen LogP contribution in [0, 0.1) is 0 Å². The molecule has 168 valence electrons. The number of benzene rings is 2. The van der Waals surface area contributed by atoms with Crippen LogP contribution in [0.4, 0.5) is 0 Å². The summed E-state index contributed by atoms with van der Waals surface area (Å²) in [6.07, 6.45) is 12.2. The molecule has 2 heterocycles. The lowest BCUT2D eigenvalue weighted by Crippen LogP contribution is -2.17. The van der Waals surface area contributed by atoms with Gasteiger partial charge in [-0.2, -0.15) is 5.10 Å². The zero-order valence-electron chi connectivity index (χ0n) is 19.0. The average molecular weight is 440 g/mol. The van der Waals surface area contributed by atoms with Crippen LogP contribution in [-0.2, 0) is 6.42 Å². The zero-order chi connectivity index (χ0) is 22.5. The summed E-state index contributed by atoms with van der Waals surface area (Å²) >= 11 is 0. The largest absolute Gasteiger partial charge is 0.246 e. The lowest BCUT2D eigenvalue weighted by molar-refractivity contribution is 0.322. The molecule has 0 radical (unpaired) electrons. The van der Waals surface area contributed by atoms with E-state index in [9.17, 15) is 0 Å². The van der Waals surface area contributed by atoms with Crippen molar-refractivity contribution in [1.29, 1.82) is 0 Å². The third-order valence-electron chi connectivity index (χ3n) is 6.30. The number of nitrogens with one attached hydrogen (secondary N) is 1. The highest BCUT2D eigenvalue weighted by molar-refractivity contribution is 5.80. The Balaban J connectivity index is 1.41. The first-order chi connectivity index (χ1) is 16.3. The maximum atomic E-state index is 4.89. The smallest absolute Gasteiger partial charge is 0.180 e. The number of rotatable bonds is 7. The Morgan fingerprint density at radius 1 is 1.00 bits per heavy atom. The molecule has 0 aliphatic heterocycles. The number of hydrogen-bond donors (Lipinski definition) is 1. The number of allylic oxidation sites excluding steroid dienone is 1. The molecule has 1 saturated carbocycles. The minimum Gasteiger partial charge on any atom is -0.246 e. The minimum atomic E-state index is 0.465. The van der Waals surface area contributed by atoms with E-state index in [4.69, 9.17) is 10.1 Å². The van der Waals surface area contributed by atoms with Gasteiger partial charge < -0.3 is 0 Å². The van der Waals surface area contributed by atoms with Crippen molar-refractivity contribution in [1.82, 2.24) is 35.4 Å². The van der Waals surface area contributed by atoms with Gasteiger partial charge in [0, 0.05) is 12.0 Å². The van der Waals surface area contributed by atoms with Gasteiger partial charge in [0.05, 0.1) is 6.04 Å². The predicted molar refractivity (Wildman–Crippen MR) is 129 cm³/mol. The molecule has 1 N–H and O–H groups in total. The quantitative estimate of drug-likeness (QED) is 0.402. The number of nitrogens with zero attached hydrogens (tertiary/aromatic N) is 6. The van der Waals surface area contributed by atoms with Crippen LogP contribution < -0.4 is 0 Å². The van der Waals surface area contributed by atoms with Gasteiger partial charge in [0.1, 0.15) is 5.82 Å². The average Bonchev–Trinajstić information content (AvgIpc) is 3.54. The van der Waals surface area contributed by atoms with Gasteiger partial charge in [-0.1, -0.05) is 80.8 Å². The summed E-state index contributed by atoms with van der Waals surface area (Å²) in [5.41, 5.74) is 4.44. The first-order valence-corrected chi connectivity index (χ1v) is 11.9. The SMILES string of the molecule is CC/C=C/c1nc(Cc2ccc(-c3ccccc3-c3nnn[nH]3)cc2)n(C2CCCCC2)n1. The van der Waals surface area contributed by atoms with E-state index < -0.39 is 0 Å². The van der Waals surface area contributed by atoms with Crippen LogP contribution in [0.3, 0.4) is 0 Å². The second-order valence-electron chi connectivity index (χ2n) is 8.60. The molecule has 2 aromatic carbocycles. The highest BCUT2D eigenvalue weighted by Crippen LogP contribution is 2.31. The van der Waals surface area contributed by atoms with E-state index in [-0.39, 0.29) is 0 Å². The van der Waals surface area contributed by atoms with E-state index in [2.05, 4.69) is 68.6 Å². The molecule has 0 spiro atoms. The van der Waals surface area contributed by atoms with Crippen molar-refractivity contribution < 1.29 is 0 Å². The molecule has 1 fully saturated rings. The van der Waals surface area contributed by atoms with Crippen molar-refractivity contribution in [3.8, 4) is 22.5 Å². The second-order valence-corrected chi connectivity index (χ2v) is 8.60. The molecule has 1 aliphatic carbocycles. The van der Waals surface area contributed by atoms with Crippen LogP contribution in [-0.4, -0.2) is 35.4 Å². The Kier molecular flexibility index (Phi) is 6.37. The van der Waals surface area contributed by atoms with E-state index in [0.29, 0.717) is 11.9 Å². The molecule has 0 amide bonds. The van der Waals surface area contributed by atoms with Crippen molar-refractivity contribution in [3.05, 3.63) is 71.8 Å². The predicted octanol–water partition coefficient (Wildman–Crippen LogP) is 5.64. The van der Waals surface area contributed by atoms with Crippen molar-refractivity contribution in [3.63, 3.8) is 0 Å². The molecular formula is C26H29N7. The van der Waals surface area contributed by atoms with E-state index in [1.165, 1.54) is 37.7 Å². The van der Waals surface area contributed by atoms with Crippen molar-refractivity contribution in [2.45, 2.75) is 57.9 Å². The molecule has 33 heavy (non-hydrogen) atoms. The fourth-order valence-electron chi connectivity index (χ4n) is 4.61. The summed E-state index contributed by atoms with van der Waals surface area (Å²) in [5.74, 6) is 2.55. The van der Waals surface area contributed by atoms with Gasteiger partial charge in [-0.15, -0.1) is 5.10 Å². The van der Waals surface area contributed by atoms with Crippen LogP contribution >= 0.6 is 0 Å². The molecule has 1 aliphatic rings. The highest BCUT2D eigenvalue weighted by atomic mass is 15.5. The Hall–Kier alpha value is -3.61. The van der Waals surface area contributed by atoms with Crippen LogP contribution in [0.5, 0.6) is 0 Å². The third-order valence-corrected chi connectivity index (χ3v) is 6.30. The molecule has 0 atom stereocenters.